The van der Waals surface area contributed by atoms with Crippen LogP contribution >= 0.6 is 11.3 Å². The van der Waals surface area contributed by atoms with Crippen LogP contribution in [0.2, 0.25) is 0 Å². The van der Waals surface area contributed by atoms with Crippen molar-refractivity contribution >= 4 is 27.5 Å². The molecule has 5 aliphatic rings. The lowest BCUT2D eigenvalue weighted by molar-refractivity contribution is 0.0938. The van der Waals surface area contributed by atoms with Gasteiger partial charge < -0.3 is 19.7 Å². The van der Waals surface area contributed by atoms with Crippen LogP contribution in [-0.4, -0.2) is 67.5 Å². The molecule has 4 aromatic heterocycles. The summed E-state index contributed by atoms with van der Waals surface area (Å²) in [5.74, 6) is 1.21. The Morgan fingerprint density at radius 3 is 2.78 bits per heavy atom. The van der Waals surface area contributed by atoms with Crippen molar-refractivity contribution in [1.29, 1.82) is 5.26 Å². The number of hydrogen-bond acceptors (Lipinski definition) is 11. The third-order valence-electron chi connectivity index (χ3n) is 11.4. The van der Waals surface area contributed by atoms with Crippen molar-refractivity contribution in [3.05, 3.63) is 37.7 Å². The molecule has 7 heterocycles. The highest BCUT2D eigenvalue weighted by Crippen LogP contribution is 2.55. The molecule has 0 radical (unpaired) electrons. The number of aryl methyl sites for hydroxylation is 1. The number of aromatic amines is 1. The molecule has 6 atom stereocenters. The molecular formula is C33H38N8O4S. The number of fused-ring (bicyclic) bond motifs is 7. The second kappa shape index (κ2) is 10.4. The number of thiophene rings is 1. The predicted molar refractivity (Wildman–Crippen MR) is 171 cm³/mol. The van der Waals surface area contributed by atoms with Gasteiger partial charge in [-0.15, -0.1) is 11.3 Å². The Kier molecular flexibility index (Phi) is 6.43. The molecule has 2 bridgehead atoms. The summed E-state index contributed by atoms with van der Waals surface area (Å²) in [5, 5.41) is 15.4. The Hall–Kier alpha value is -3.73. The maximum atomic E-state index is 13.6. The van der Waals surface area contributed by atoms with E-state index in [0.29, 0.717) is 39.2 Å². The zero-order valence-corrected chi connectivity index (χ0v) is 27.0. The lowest BCUT2D eigenvalue weighted by atomic mass is 9.62. The molecule has 9 rings (SSSR count). The quantitative estimate of drug-likeness (QED) is 0.315. The molecule has 3 saturated heterocycles. The first kappa shape index (κ1) is 28.5. The second-order valence-corrected chi connectivity index (χ2v) is 15.1. The first-order valence-corrected chi connectivity index (χ1v) is 17.5. The highest BCUT2D eigenvalue weighted by atomic mass is 32.1. The van der Waals surface area contributed by atoms with Crippen molar-refractivity contribution < 1.29 is 14.0 Å². The van der Waals surface area contributed by atoms with E-state index in [1.165, 1.54) is 16.2 Å². The third-order valence-corrected chi connectivity index (χ3v) is 12.5. The Bertz CT molecular complexity index is 1970. The molecule has 3 aliphatic heterocycles. The Balaban J connectivity index is 1.20. The molecule has 3 N–H and O–H groups in total. The topological polar surface area (TPSA) is 161 Å². The number of hydrogen-bond donors (Lipinski definition) is 2. The minimum absolute atomic E-state index is 0.0127. The monoisotopic (exact) mass is 642 g/mol. The van der Waals surface area contributed by atoms with Crippen LogP contribution in [0.25, 0.3) is 22.7 Å². The number of rotatable bonds is 5. The van der Waals surface area contributed by atoms with E-state index in [1.54, 1.807) is 4.57 Å². The van der Waals surface area contributed by atoms with Crippen LogP contribution in [0, 0.1) is 11.3 Å². The van der Waals surface area contributed by atoms with E-state index < -0.39 is 5.41 Å². The van der Waals surface area contributed by atoms with Crippen molar-refractivity contribution in [2.75, 3.05) is 19.3 Å². The van der Waals surface area contributed by atoms with Crippen LogP contribution < -0.4 is 16.2 Å². The van der Waals surface area contributed by atoms with E-state index in [9.17, 15) is 10.1 Å². The average Bonchev–Trinajstić information content (AvgIpc) is 3.88. The van der Waals surface area contributed by atoms with Gasteiger partial charge in [-0.25, -0.2) is 9.78 Å². The molecule has 0 saturated carbocycles. The molecule has 0 aromatic carbocycles. The molecule has 3 fully saturated rings. The lowest BCUT2D eigenvalue weighted by Crippen LogP contribution is -2.38. The summed E-state index contributed by atoms with van der Waals surface area (Å²) in [4.78, 5) is 30.2. The molecule has 12 nitrogen and oxygen atoms in total. The van der Waals surface area contributed by atoms with E-state index >= 15 is 0 Å². The van der Waals surface area contributed by atoms with Crippen molar-refractivity contribution in [2.45, 2.75) is 113 Å². The van der Waals surface area contributed by atoms with Crippen molar-refractivity contribution in [1.82, 2.24) is 29.6 Å². The Morgan fingerprint density at radius 2 is 2.04 bits per heavy atom. The number of nitriles is 1. The molecule has 4 aromatic rings. The number of ether oxygens (including phenoxy) is 2. The highest BCUT2D eigenvalue weighted by molar-refractivity contribution is 7.16. The fourth-order valence-corrected chi connectivity index (χ4v) is 10.5. The van der Waals surface area contributed by atoms with Gasteiger partial charge in [-0.2, -0.15) is 10.2 Å². The Labute approximate surface area is 269 Å². The number of aromatic nitrogens is 5. The number of nitrogens with zero attached hydrogens (tertiary/aromatic N) is 6. The first-order valence-electron chi connectivity index (χ1n) is 16.7. The van der Waals surface area contributed by atoms with E-state index in [2.05, 4.69) is 29.9 Å². The fraction of sp³-hybridized carbons (Fsp3) is 0.606. The first-order chi connectivity index (χ1) is 22.4. The van der Waals surface area contributed by atoms with Gasteiger partial charge in [0.1, 0.15) is 22.7 Å². The molecule has 46 heavy (non-hydrogen) atoms. The lowest BCUT2D eigenvalue weighted by Gasteiger charge is -2.39. The highest BCUT2D eigenvalue weighted by Gasteiger charge is 2.49. The maximum Gasteiger partial charge on any atom is 0.328 e. The van der Waals surface area contributed by atoms with Crippen LogP contribution in [0.15, 0.2) is 9.32 Å². The summed E-state index contributed by atoms with van der Waals surface area (Å²) in [7, 11) is 2.12. The van der Waals surface area contributed by atoms with Crippen molar-refractivity contribution in [2.24, 2.45) is 0 Å². The van der Waals surface area contributed by atoms with Gasteiger partial charge in [0, 0.05) is 21.9 Å². The Morgan fingerprint density at radius 1 is 1.20 bits per heavy atom. The SMILES string of the molecule is C[C@H](Oc1nc(-c2onc3c2CCC[C@@]32CCCc3sc(N)c(C#N)c32)nc2c1[nH]c(=O)n2[C@@H]1CC2CCC1O2)[C@@H]1CCCN1C. The molecule has 13 heteroatoms. The van der Waals surface area contributed by atoms with E-state index in [-0.39, 0.29) is 36.1 Å². The largest absolute Gasteiger partial charge is 0.471 e. The number of nitrogens with one attached hydrogen (secondary N) is 1. The number of nitrogen functional groups attached to an aromatic ring is 1. The van der Waals surface area contributed by atoms with Crippen LogP contribution in [-0.2, 0) is 23.0 Å². The maximum absolute atomic E-state index is 13.6. The zero-order chi connectivity index (χ0) is 31.3. The number of nitrogens with two attached hydrogens (primary N) is 1. The summed E-state index contributed by atoms with van der Waals surface area (Å²) in [6.07, 6.45) is 10.2. The summed E-state index contributed by atoms with van der Waals surface area (Å²) in [5.41, 5.74) is 10.2. The third kappa shape index (κ3) is 4.02. The van der Waals surface area contributed by atoms with Gasteiger partial charge in [0.2, 0.25) is 17.5 Å². The molecule has 2 aliphatic carbocycles. The van der Waals surface area contributed by atoms with E-state index in [1.807, 2.05) is 0 Å². The van der Waals surface area contributed by atoms with Gasteiger partial charge in [0.25, 0.3) is 0 Å². The van der Waals surface area contributed by atoms with Gasteiger partial charge in [-0.3, -0.25) is 14.5 Å². The molecule has 1 spiro atoms. The van der Waals surface area contributed by atoms with Gasteiger partial charge in [-0.1, -0.05) is 5.16 Å². The van der Waals surface area contributed by atoms with E-state index in [4.69, 9.17) is 34.9 Å². The molecular weight excluding hydrogens is 604 g/mol. The van der Waals surface area contributed by atoms with Crippen LogP contribution in [0.4, 0.5) is 5.00 Å². The number of likely N-dealkylation sites (tertiary alicyclic amines) is 1. The molecule has 240 valence electrons. The number of imidazole rings is 1. The number of H-pyrrole nitrogens is 1. The summed E-state index contributed by atoms with van der Waals surface area (Å²) >= 11 is 1.53. The normalized spacial score (nSPS) is 29.3. The summed E-state index contributed by atoms with van der Waals surface area (Å²) < 4.78 is 20.8. The minimum Gasteiger partial charge on any atom is -0.471 e. The standard InChI is InChI=1S/C33H38N8O4S/c1-16(20-7-5-13-40(20)2)43-31-25-30(41(32(42)36-25)21-14-17-9-10-22(21)44-17)37-29(38-31)26-18-6-3-11-33(27(18)39-45-26)12-4-8-23-24(33)19(15-34)28(35)46-23/h16-17,20-22H,3-14,35H2,1-2H3,(H,36,42)/t16-,17?,20-,21+,22?,33-/m0/s1. The number of anilines is 1. The van der Waals surface area contributed by atoms with Crippen molar-refractivity contribution in [3.8, 4) is 23.5 Å². The fourth-order valence-electron chi connectivity index (χ4n) is 9.37. The zero-order valence-electron chi connectivity index (χ0n) is 26.2. The van der Waals surface area contributed by atoms with Gasteiger partial charge >= 0.3 is 5.69 Å². The van der Waals surface area contributed by atoms with Crippen LogP contribution in [0.1, 0.15) is 98.0 Å². The van der Waals surface area contributed by atoms with E-state index in [0.717, 1.165) is 94.0 Å². The van der Waals surface area contributed by atoms with Gasteiger partial charge in [-0.05, 0) is 96.7 Å². The smallest absolute Gasteiger partial charge is 0.328 e. The molecule has 2 unspecified atom stereocenters. The number of likely N-dealkylation sites (N-methyl/N-ethyl adjacent to an activating group) is 1. The van der Waals surface area contributed by atoms with Crippen LogP contribution in [0.5, 0.6) is 5.88 Å². The summed E-state index contributed by atoms with van der Waals surface area (Å²) in [6, 6.07) is 2.54. The van der Waals surface area contributed by atoms with Crippen molar-refractivity contribution in [3.63, 3.8) is 0 Å². The van der Waals surface area contributed by atoms with Crippen LogP contribution in [0.3, 0.4) is 0 Å². The summed E-state index contributed by atoms with van der Waals surface area (Å²) in [6.45, 7) is 3.09. The predicted octanol–water partition coefficient (Wildman–Crippen LogP) is 4.60. The van der Waals surface area contributed by atoms with Gasteiger partial charge in [0.15, 0.2) is 5.65 Å². The van der Waals surface area contributed by atoms with Gasteiger partial charge in [0.05, 0.1) is 29.5 Å². The average molecular weight is 643 g/mol. The second-order valence-electron chi connectivity index (χ2n) is 13.9. The minimum atomic E-state index is -0.427. The molecule has 0 amide bonds.